The maximum absolute atomic E-state index is 9.18. The molecule has 1 fully saturated rings. The summed E-state index contributed by atoms with van der Waals surface area (Å²) in [4.78, 5) is 9.94. The third kappa shape index (κ3) is 3.93. The summed E-state index contributed by atoms with van der Waals surface area (Å²) in [7, 11) is 4.26. The number of fused-ring (bicyclic) bond motifs is 1. The first kappa shape index (κ1) is 20.5. The van der Waals surface area contributed by atoms with Gasteiger partial charge in [-0.05, 0) is 43.4 Å². The second-order valence-corrected chi connectivity index (χ2v) is 8.64. The van der Waals surface area contributed by atoms with E-state index in [0.717, 1.165) is 56.0 Å². The summed E-state index contributed by atoms with van der Waals surface area (Å²) in [5, 5.41) is 9.18. The van der Waals surface area contributed by atoms with Crippen molar-refractivity contribution in [2.45, 2.75) is 6.42 Å². The molecule has 0 spiro atoms. The number of nitriles is 1. The van der Waals surface area contributed by atoms with E-state index in [2.05, 4.69) is 75.6 Å². The molecule has 0 N–H and O–H groups in total. The van der Waals surface area contributed by atoms with Gasteiger partial charge in [0.25, 0.3) is 0 Å². The van der Waals surface area contributed by atoms with Crippen LogP contribution in [0.2, 0.25) is 0 Å². The minimum absolute atomic E-state index is 0.669. The van der Waals surface area contributed by atoms with Crippen LogP contribution in [-0.2, 0) is 13.5 Å². The maximum Gasteiger partial charge on any atom is 0.137 e. The van der Waals surface area contributed by atoms with Gasteiger partial charge in [-0.25, -0.2) is 4.98 Å². The van der Waals surface area contributed by atoms with Crippen molar-refractivity contribution < 1.29 is 0 Å². The Morgan fingerprint density at radius 3 is 2.38 bits per heavy atom. The molecule has 162 valence electrons. The smallest absolute Gasteiger partial charge is 0.137 e. The molecule has 6 nitrogen and oxygen atoms in total. The van der Waals surface area contributed by atoms with Gasteiger partial charge in [-0.15, -0.1) is 0 Å². The monoisotopic (exact) mass is 424 g/mol. The normalized spacial score (nSPS) is 15.3. The van der Waals surface area contributed by atoms with Gasteiger partial charge in [-0.3, -0.25) is 0 Å². The molecule has 0 atom stereocenters. The summed E-state index contributed by atoms with van der Waals surface area (Å²) in [6.07, 6.45) is 5.21. The molecule has 1 aromatic carbocycles. The van der Waals surface area contributed by atoms with E-state index >= 15 is 0 Å². The van der Waals surface area contributed by atoms with Crippen LogP contribution in [0.25, 0.3) is 28.2 Å². The number of hydrogen-bond donors (Lipinski definition) is 0. The van der Waals surface area contributed by atoms with Crippen molar-refractivity contribution >= 4 is 5.65 Å². The fourth-order valence-corrected chi connectivity index (χ4v) is 4.51. The quantitative estimate of drug-likeness (QED) is 0.491. The lowest BCUT2D eigenvalue weighted by Crippen LogP contribution is -2.45. The van der Waals surface area contributed by atoms with Gasteiger partial charge in [-0.1, -0.05) is 12.1 Å². The van der Waals surface area contributed by atoms with Crippen molar-refractivity contribution in [1.82, 2.24) is 23.8 Å². The summed E-state index contributed by atoms with van der Waals surface area (Å²) in [5.41, 5.74) is 7.27. The first-order valence-electron chi connectivity index (χ1n) is 11.2. The predicted molar refractivity (Wildman–Crippen MR) is 127 cm³/mol. The van der Waals surface area contributed by atoms with E-state index in [9.17, 15) is 5.26 Å². The fourth-order valence-electron chi connectivity index (χ4n) is 4.51. The average molecular weight is 425 g/mol. The van der Waals surface area contributed by atoms with Crippen molar-refractivity contribution in [2.75, 3.05) is 39.8 Å². The topological polar surface area (TPSA) is 52.5 Å². The molecule has 0 saturated carbocycles. The number of rotatable bonds is 5. The molecule has 1 aliphatic rings. The highest BCUT2D eigenvalue weighted by Crippen LogP contribution is 2.28. The first-order chi connectivity index (χ1) is 15.6. The summed E-state index contributed by atoms with van der Waals surface area (Å²) in [6, 6.07) is 18.4. The zero-order chi connectivity index (χ0) is 22.1. The van der Waals surface area contributed by atoms with Gasteiger partial charge in [0.05, 0.1) is 23.0 Å². The Morgan fingerprint density at radius 2 is 1.69 bits per heavy atom. The summed E-state index contributed by atoms with van der Waals surface area (Å²) >= 11 is 0. The molecule has 4 aromatic rings. The highest BCUT2D eigenvalue weighted by Gasteiger charge is 2.18. The van der Waals surface area contributed by atoms with Crippen LogP contribution in [0.15, 0.2) is 60.9 Å². The molecule has 0 unspecified atom stereocenters. The molecule has 6 heteroatoms. The van der Waals surface area contributed by atoms with Crippen LogP contribution in [0.1, 0.15) is 11.3 Å². The van der Waals surface area contributed by atoms with Gasteiger partial charge in [-0.2, -0.15) is 5.26 Å². The average Bonchev–Trinajstić information content (AvgIpc) is 3.41. The Bertz CT molecular complexity index is 1270. The molecule has 4 heterocycles. The number of hydrogen-bond acceptors (Lipinski definition) is 4. The number of nitrogens with zero attached hydrogens (tertiary/aromatic N) is 6. The number of pyridine rings is 1. The van der Waals surface area contributed by atoms with Gasteiger partial charge in [0, 0.05) is 75.4 Å². The Labute approximate surface area is 188 Å². The summed E-state index contributed by atoms with van der Waals surface area (Å²) in [5.74, 6) is 0. The van der Waals surface area contributed by atoms with E-state index in [0.29, 0.717) is 5.56 Å². The Hall–Kier alpha value is -3.40. The molecule has 5 rings (SSSR count). The standard InChI is InChI=1S/C26H28N6/c1-29-14-16-31(17-15-29)13-11-24-26(21-7-5-20(18-27)6-8-21)28-25-10-9-22(19-32(24)25)23-4-3-12-30(23)2/h3-10,12,19H,11,13-17H2,1-2H3. The number of benzene rings is 1. The second-order valence-electron chi connectivity index (χ2n) is 8.64. The minimum Gasteiger partial charge on any atom is -0.351 e. The number of aromatic nitrogens is 3. The molecule has 0 amide bonds. The van der Waals surface area contributed by atoms with Gasteiger partial charge in [0.1, 0.15) is 5.65 Å². The van der Waals surface area contributed by atoms with Crippen LogP contribution >= 0.6 is 0 Å². The van der Waals surface area contributed by atoms with Crippen LogP contribution in [0.4, 0.5) is 0 Å². The molecular weight excluding hydrogens is 396 g/mol. The van der Waals surface area contributed by atoms with Crippen molar-refractivity contribution in [3.63, 3.8) is 0 Å². The van der Waals surface area contributed by atoms with E-state index in [-0.39, 0.29) is 0 Å². The van der Waals surface area contributed by atoms with Crippen LogP contribution in [0.5, 0.6) is 0 Å². The molecule has 0 bridgehead atoms. The lowest BCUT2D eigenvalue weighted by molar-refractivity contribution is 0.155. The Balaban J connectivity index is 1.55. The van der Waals surface area contributed by atoms with Gasteiger partial charge in [0.15, 0.2) is 0 Å². The van der Waals surface area contributed by atoms with Gasteiger partial charge in [0.2, 0.25) is 0 Å². The van der Waals surface area contributed by atoms with Crippen molar-refractivity contribution in [3.05, 3.63) is 72.2 Å². The van der Waals surface area contributed by atoms with Crippen molar-refractivity contribution in [1.29, 1.82) is 5.26 Å². The van der Waals surface area contributed by atoms with E-state index in [1.54, 1.807) is 0 Å². The third-order valence-electron chi connectivity index (χ3n) is 6.51. The van der Waals surface area contributed by atoms with Crippen LogP contribution in [0.3, 0.4) is 0 Å². The zero-order valence-corrected chi connectivity index (χ0v) is 18.7. The molecule has 0 aliphatic carbocycles. The highest BCUT2D eigenvalue weighted by atomic mass is 15.2. The molecule has 32 heavy (non-hydrogen) atoms. The highest BCUT2D eigenvalue weighted by molar-refractivity contribution is 5.70. The van der Waals surface area contributed by atoms with E-state index < -0.39 is 0 Å². The minimum atomic E-state index is 0.669. The van der Waals surface area contributed by atoms with E-state index in [1.165, 1.54) is 17.0 Å². The molecule has 1 saturated heterocycles. The van der Waals surface area contributed by atoms with Crippen LogP contribution in [0, 0.1) is 11.3 Å². The van der Waals surface area contributed by atoms with Crippen LogP contribution in [-0.4, -0.2) is 63.5 Å². The third-order valence-corrected chi connectivity index (χ3v) is 6.51. The van der Waals surface area contributed by atoms with E-state index in [1.807, 2.05) is 24.3 Å². The number of piperazine rings is 1. The largest absolute Gasteiger partial charge is 0.351 e. The SMILES string of the molecule is CN1CCN(CCc2c(-c3ccc(C#N)cc3)nc3ccc(-c4cccn4C)cn23)CC1. The summed E-state index contributed by atoms with van der Waals surface area (Å²) in [6.45, 7) is 5.46. The van der Waals surface area contributed by atoms with Crippen molar-refractivity contribution in [2.24, 2.45) is 7.05 Å². The molecule has 3 aromatic heterocycles. The Kier molecular flexibility index (Phi) is 5.52. The van der Waals surface area contributed by atoms with Gasteiger partial charge >= 0.3 is 0 Å². The maximum atomic E-state index is 9.18. The zero-order valence-electron chi connectivity index (χ0n) is 18.7. The number of likely N-dealkylation sites (N-methyl/N-ethyl adjacent to an activating group) is 1. The van der Waals surface area contributed by atoms with E-state index in [4.69, 9.17) is 4.98 Å². The Morgan fingerprint density at radius 1 is 0.938 bits per heavy atom. The van der Waals surface area contributed by atoms with Gasteiger partial charge < -0.3 is 18.8 Å². The number of imidazole rings is 1. The molecule has 0 radical (unpaired) electrons. The predicted octanol–water partition coefficient (Wildman–Crippen LogP) is 3.67. The fraction of sp³-hybridized carbons (Fsp3) is 0.308. The van der Waals surface area contributed by atoms with Crippen molar-refractivity contribution in [3.8, 4) is 28.6 Å². The lowest BCUT2D eigenvalue weighted by atomic mass is 10.1. The number of aryl methyl sites for hydroxylation is 1. The molecular formula is C26H28N6. The lowest BCUT2D eigenvalue weighted by Gasteiger charge is -2.32. The molecule has 1 aliphatic heterocycles. The summed E-state index contributed by atoms with van der Waals surface area (Å²) < 4.78 is 4.40. The first-order valence-corrected chi connectivity index (χ1v) is 11.2. The second kappa shape index (κ2) is 8.62. The van der Waals surface area contributed by atoms with Crippen LogP contribution < -0.4 is 0 Å².